The van der Waals surface area contributed by atoms with Crippen LogP contribution in [0.4, 0.5) is 0 Å². The summed E-state index contributed by atoms with van der Waals surface area (Å²) in [6, 6.07) is 20.7. The highest BCUT2D eigenvalue weighted by Crippen LogP contribution is 2.28. The fourth-order valence-electron chi connectivity index (χ4n) is 6.22. The Morgan fingerprint density at radius 1 is 0.870 bits per heavy atom. The van der Waals surface area contributed by atoms with Crippen molar-refractivity contribution in [2.24, 2.45) is 0 Å². The molecule has 2 fully saturated rings. The third-order valence-electron chi connectivity index (χ3n) is 8.59. The number of para-hydroxylation sites is 1. The zero-order valence-corrected chi connectivity index (χ0v) is 27.4. The lowest BCUT2D eigenvalue weighted by molar-refractivity contribution is -0.135. The predicted molar refractivity (Wildman–Crippen MR) is 181 cm³/mol. The van der Waals surface area contributed by atoms with Gasteiger partial charge in [0.15, 0.2) is 6.61 Å². The van der Waals surface area contributed by atoms with Crippen LogP contribution in [0.2, 0.25) is 5.02 Å². The number of nitrogens with zero attached hydrogens (tertiary/aromatic N) is 5. The van der Waals surface area contributed by atoms with Crippen LogP contribution >= 0.6 is 11.6 Å². The number of amides is 1. The number of halogens is 1. The molecule has 0 radical (unpaired) electrons. The van der Waals surface area contributed by atoms with Crippen molar-refractivity contribution in [3.63, 3.8) is 0 Å². The molecule has 10 heteroatoms. The van der Waals surface area contributed by atoms with Gasteiger partial charge in [-0.05, 0) is 93.9 Å². The third-order valence-corrected chi connectivity index (χ3v) is 8.84. The number of ether oxygens (including phenoxy) is 2. The molecule has 3 heterocycles. The summed E-state index contributed by atoms with van der Waals surface area (Å²) in [5.41, 5.74) is 2.42. The van der Waals surface area contributed by atoms with Gasteiger partial charge in [0.1, 0.15) is 17.3 Å². The molecule has 0 N–H and O–H groups in total. The van der Waals surface area contributed by atoms with Crippen LogP contribution in [0.3, 0.4) is 0 Å². The van der Waals surface area contributed by atoms with E-state index in [2.05, 4.69) is 21.9 Å². The van der Waals surface area contributed by atoms with Gasteiger partial charge in [-0.1, -0.05) is 36.2 Å². The number of hydrogen-bond donors (Lipinski definition) is 0. The molecule has 3 aromatic carbocycles. The number of piperazine rings is 1. The van der Waals surface area contributed by atoms with Crippen LogP contribution in [-0.2, 0) is 17.9 Å². The van der Waals surface area contributed by atoms with Crippen LogP contribution in [0.25, 0.3) is 16.6 Å². The highest BCUT2D eigenvalue weighted by Gasteiger charge is 2.25. The molecule has 242 valence electrons. The second-order valence-electron chi connectivity index (χ2n) is 12.4. The zero-order valence-electron chi connectivity index (χ0n) is 26.7. The Morgan fingerprint density at radius 2 is 1.59 bits per heavy atom. The Bertz CT molecular complexity index is 1710. The van der Waals surface area contributed by atoms with Crippen molar-refractivity contribution in [1.29, 1.82) is 0 Å². The van der Waals surface area contributed by atoms with Gasteiger partial charge < -0.3 is 14.4 Å². The van der Waals surface area contributed by atoms with Crippen LogP contribution < -0.4 is 15.0 Å². The molecule has 1 amide bonds. The lowest BCUT2D eigenvalue weighted by atomic mass is 10.1. The Hall–Kier alpha value is -3.92. The van der Waals surface area contributed by atoms with E-state index in [0.717, 1.165) is 30.9 Å². The molecule has 4 aromatic rings. The Labute approximate surface area is 275 Å². The van der Waals surface area contributed by atoms with Crippen LogP contribution in [0.15, 0.2) is 71.5 Å². The van der Waals surface area contributed by atoms with E-state index in [9.17, 15) is 9.59 Å². The van der Waals surface area contributed by atoms with Crippen molar-refractivity contribution in [2.45, 2.75) is 52.3 Å². The SMILES string of the molecule is CC(C)Oc1ccc(CN2CCCCC2)cc1-n1c(CN2CCN(C(=O)COc3ccc(Cl)cc3)CC2)nc2ccccc2c1=O. The summed E-state index contributed by atoms with van der Waals surface area (Å²) in [7, 11) is 0. The Morgan fingerprint density at radius 3 is 2.33 bits per heavy atom. The molecule has 2 aliphatic rings. The number of likely N-dealkylation sites (tertiary alicyclic amines) is 1. The van der Waals surface area contributed by atoms with E-state index < -0.39 is 0 Å². The van der Waals surface area contributed by atoms with Gasteiger partial charge in [-0.25, -0.2) is 4.98 Å². The van der Waals surface area contributed by atoms with Gasteiger partial charge >= 0.3 is 0 Å². The van der Waals surface area contributed by atoms with E-state index in [1.54, 1.807) is 28.8 Å². The smallest absolute Gasteiger partial charge is 0.266 e. The molecule has 0 atom stereocenters. The molecule has 1 aromatic heterocycles. The van der Waals surface area contributed by atoms with Gasteiger partial charge in [0.2, 0.25) is 0 Å². The summed E-state index contributed by atoms with van der Waals surface area (Å²) in [5, 5.41) is 1.19. The monoisotopic (exact) mass is 643 g/mol. The van der Waals surface area contributed by atoms with E-state index in [1.807, 2.05) is 49.1 Å². The van der Waals surface area contributed by atoms with Crippen molar-refractivity contribution in [1.82, 2.24) is 24.3 Å². The molecule has 0 unspecified atom stereocenters. The van der Waals surface area contributed by atoms with E-state index >= 15 is 0 Å². The van der Waals surface area contributed by atoms with Gasteiger partial charge in [0.25, 0.3) is 11.5 Å². The standard InChI is InChI=1S/C36H42ClN5O4/c1-26(2)46-33-15-10-27(23-39-16-6-3-7-17-39)22-32(33)42-34(38-31-9-5-4-8-30(31)36(42)44)24-40-18-20-41(21-19-40)35(43)25-45-29-13-11-28(37)12-14-29/h4-5,8-15,22,26H,3,6-7,16-21,23-25H2,1-2H3. The molecule has 9 nitrogen and oxygen atoms in total. The lowest BCUT2D eigenvalue weighted by Gasteiger charge is -2.34. The van der Waals surface area contributed by atoms with Gasteiger partial charge in [-0.3, -0.25) is 24.0 Å². The molecule has 0 bridgehead atoms. The summed E-state index contributed by atoms with van der Waals surface area (Å²) in [4.78, 5) is 38.8. The normalized spacial score (nSPS) is 16.2. The summed E-state index contributed by atoms with van der Waals surface area (Å²) >= 11 is 5.95. The number of rotatable bonds is 10. The summed E-state index contributed by atoms with van der Waals surface area (Å²) in [5.74, 6) is 1.86. The molecule has 0 spiro atoms. The molecular formula is C36H42ClN5O4. The third kappa shape index (κ3) is 7.71. The van der Waals surface area contributed by atoms with Crippen molar-refractivity contribution in [2.75, 3.05) is 45.9 Å². The highest BCUT2D eigenvalue weighted by molar-refractivity contribution is 6.30. The van der Waals surface area contributed by atoms with Gasteiger partial charge in [-0.2, -0.15) is 0 Å². The second kappa shape index (κ2) is 14.7. The molecule has 6 rings (SSSR count). The topological polar surface area (TPSA) is 80.1 Å². The van der Waals surface area contributed by atoms with Gasteiger partial charge in [0.05, 0.1) is 29.2 Å². The van der Waals surface area contributed by atoms with Crippen LogP contribution in [0.1, 0.15) is 44.5 Å². The van der Waals surface area contributed by atoms with Crippen molar-refractivity contribution in [3.8, 4) is 17.2 Å². The minimum Gasteiger partial charge on any atom is -0.489 e. The molecule has 0 aliphatic carbocycles. The predicted octanol–water partition coefficient (Wildman–Crippen LogP) is 5.54. The first-order valence-corrected chi connectivity index (χ1v) is 16.6. The Balaban J connectivity index is 1.25. The average molecular weight is 644 g/mol. The minimum absolute atomic E-state index is 0.0280. The maximum Gasteiger partial charge on any atom is 0.266 e. The Kier molecular flexibility index (Phi) is 10.2. The van der Waals surface area contributed by atoms with Crippen molar-refractivity contribution < 1.29 is 14.3 Å². The number of benzene rings is 3. The summed E-state index contributed by atoms with van der Waals surface area (Å²) < 4.78 is 13.7. The maximum atomic E-state index is 14.2. The zero-order chi connectivity index (χ0) is 32.0. The summed E-state index contributed by atoms with van der Waals surface area (Å²) in [6.07, 6.45) is 3.65. The second-order valence-corrected chi connectivity index (χ2v) is 12.8. The quantitative estimate of drug-likeness (QED) is 0.225. The van der Waals surface area contributed by atoms with E-state index in [4.69, 9.17) is 26.1 Å². The number of aromatic nitrogens is 2. The largest absolute Gasteiger partial charge is 0.489 e. The average Bonchev–Trinajstić information content (AvgIpc) is 3.06. The summed E-state index contributed by atoms with van der Waals surface area (Å²) in [6.45, 7) is 9.86. The number of hydrogen-bond acceptors (Lipinski definition) is 7. The van der Waals surface area contributed by atoms with E-state index in [-0.39, 0.29) is 24.2 Å². The lowest BCUT2D eigenvalue weighted by Crippen LogP contribution is -2.50. The van der Waals surface area contributed by atoms with Gasteiger partial charge in [-0.15, -0.1) is 0 Å². The van der Waals surface area contributed by atoms with E-state index in [1.165, 1.54) is 19.3 Å². The van der Waals surface area contributed by atoms with Crippen LogP contribution in [-0.4, -0.2) is 82.1 Å². The number of piperidine rings is 1. The number of carbonyl (C=O) groups excluding carboxylic acids is 1. The molecule has 46 heavy (non-hydrogen) atoms. The van der Waals surface area contributed by atoms with Crippen LogP contribution in [0.5, 0.6) is 11.5 Å². The van der Waals surface area contributed by atoms with Crippen molar-refractivity contribution in [3.05, 3.63) is 93.5 Å². The van der Waals surface area contributed by atoms with Crippen molar-refractivity contribution >= 4 is 28.4 Å². The first-order valence-electron chi connectivity index (χ1n) is 16.3. The molecule has 2 saturated heterocycles. The number of fused-ring (bicyclic) bond motifs is 1. The number of carbonyl (C=O) groups is 1. The molecule has 0 saturated carbocycles. The first kappa shape index (κ1) is 32.0. The fourth-order valence-corrected chi connectivity index (χ4v) is 6.35. The highest BCUT2D eigenvalue weighted by atomic mass is 35.5. The molecular weight excluding hydrogens is 602 g/mol. The minimum atomic E-state index is -0.113. The molecule has 2 aliphatic heterocycles. The maximum absolute atomic E-state index is 14.2. The fraction of sp³-hybridized carbons (Fsp3) is 0.417. The van der Waals surface area contributed by atoms with E-state index in [0.29, 0.717) is 66.0 Å². The van der Waals surface area contributed by atoms with Crippen LogP contribution in [0, 0.1) is 0 Å². The van der Waals surface area contributed by atoms with Gasteiger partial charge in [0, 0.05) is 37.7 Å². The first-order chi connectivity index (χ1) is 22.3.